The highest BCUT2D eigenvalue weighted by atomic mass is 31.2. The van der Waals surface area contributed by atoms with Crippen LogP contribution in [-0.4, -0.2) is 16.7 Å². The second-order valence-electron chi connectivity index (χ2n) is 3.37. The maximum Gasteiger partial charge on any atom is 0.117 e. The van der Waals surface area contributed by atoms with E-state index >= 15 is 0 Å². The fourth-order valence-corrected chi connectivity index (χ4v) is 3.17. The van der Waals surface area contributed by atoms with E-state index in [9.17, 15) is 33.8 Å². The summed E-state index contributed by atoms with van der Waals surface area (Å²) in [6.07, 6.45) is -0.211. The molecule has 8 nitrogen and oxygen atoms in total. The highest BCUT2D eigenvalue weighted by Crippen LogP contribution is 2.61. The summed E-state index contributed by atoms with van der Waals surface area (Å²) in [6, 6.07) is 0. The lowest BCUT2D eigenvalue weighted by Crippen LogP contribution is -2.45. The van der Waals surface area contributed by atoms with Gasteiger partial charge in [0.25, 0.3) is 0 Å². The molecule has 0 fully saturated rings. The molecule has 10 heteroatoms. The Morgan fingerprint density at radius 1 is 1.00 bits per heavy atom. The van der Waals surface area contributed by atoms with E-state index in [0.29, 0.717) is 19.4 Å². The van der Waals surface area contributed by atoms with Gasteiger partial charge in [0.05, 0.1) is 0 Å². The molecule has 98 valence electrons. The minimum Gasteiger partial charge on any atom is -0.808 e. The van der Waals surface area contributed by atoms with Gasteiger partial charge >= 0.3 is 0 Å². The van der Waals surface area contributed by atoms with E-state index in [0.717, 1.165) is 0 Å². The summed E-state index contributed by atoms with van der Waals surface area (Å²) in [7, 11) is -11.8. The molecule has 0 heterocycles. The van der Waals surface area contributed by atoms with Gasteiger partial charge < -0.3 is 39.5 Å². The third-order valence-electron chi connectivity index (χ3n) is 2.09. The van der Waals surface area contributed by atoms with E-state index in [1.54, 1.807) is 0 Å². The fourth-order valence-electron chi connectivity index (χ4n) is 1.11. The topological polar surface area (TPSA) is 173 Å². The van der Waals surface area contributed by atoms with Gasteiger partial charge in [-0.15, -0.1) is 0 Å². The molecule has 0 aliphatic rings. The zero-order valence-electron chi connectivity index (χ0n) is 8.40. The molecule has 0 saturated heterocycles. The minimum atomic E-state index is -5.92. The van der Waals surface area contributed by atoms with Crippen molar-refractivity contribution >= 4 is 15.2 Å². The molecular weight excluding hydrogens is 260 g/mol. The van der Waals surface area contributed by atoms with Crippen LogP contribution in [0.3, 0.4) is 0 Å². The van der Waals surface area contributed by atoms with Crippen LogP contribution >= 0.6 is 15.2 Å². The molecule has 0 amide bonds. The summed E-state index contributed by atoms with van der Waals surface area (Å²) < 4.78 is 21.2. The summed E-state index contributed by atoms with van der Waals surface area (Å²) in [5.74, 6) is 0. The number of unbranched alkanes of at least 4 members (excludes halogenated alkanes) is 2. The van der Waals surface area contributed by atoms with Crippen molar-refractivity contribution in [3.8, 4) is 0 Å². The van der Waals surface area contributed by atoms with E-state index < -0.39 is 26.7 Å². The summed E-state index contributed by atoms with van der Waals surface area (Å²) in [4.78, 5) is 42.4. The lowest BCUT2D eigenvalue weighted by Gasteiger charge is -2.56. The Morgan fingerprint density at radius 2 is 1.44 bits per heavy atom. The van der Waals surface area contributed by atoms with Gasteiger partial charge in [0.1, 0.15) is 5.08 Å². The second-order valence-corrected chi connectivity index (χ2v) is 7.19. The highest BCUT2D eigenvalue weighted by Gasteiger charge is 2.34. The summed E-state index contributed by atoms with van der Waals surface area (Å²) in [5, 5.41) is 5.45. The van der Waals surface area contributed by atoms with Crippen LogP contribution in [0.2, 0.25) is 0 Å². The van der Waals surface area contributed by atoms with Crippen LogP contribution in [0.25, 0.3) is 0 Å². The zero-order valence-corrected chi connectivity index (χ0v) is 10.2. The van der Waals surface area contributed by atoms with Crippen LogP contribution in [0.15, 0.2) is 0 Å². The average Bonchev–Trinajstić information content (AvgIpc) is 2.08. The molecule has 0 spiro atoms. The van der Waals surface area contributed by atoms with Crippen LogP contribution in [-0.2, 0) is 9.13 Å². The molecule has 0 unspecified atom stereocenters. The van der Waals surface area contributed by atoms with Crippen LogP contribution < -0.4 is 25.3 Å². The van der Waals surface area contributed by atoms with Crippen LogP contribution in [0.1, 0.15) is 25.7 Å². The van der Waals surface area contributed by atoms with Crippen molar-refractivity contribution in [2.24, 2.45) is 5.73 Å². The maximum atomic E-state index is 10.6. The first kappa shape index (κ1) is 16.2. The molecule has 0 aromatic rings. The maximum absolute atomic E-state index is 10.6. The minimum absolute atomic E-state index is 0.0867. The molecule has 0 rings (SSSR count). The number of nitrogens with two attached hydrogens (primary N) is 1. The van der Waals surface area contributed by atoms with Gasteiger partial charge in [0, 0.05) is 0 Å². The third-order valence-corrected chi connectivity index (χ3v) is 5.76. The van der Waals surface area contributed by atoms with E-state index in [1.165, 1.54) is 0 Å². The molecule has 0 aliphatic carbocycles. The van der Waals surface area contributed by atoms with Gasteiger partial charge in [0.2, 0.25) is 0 Å². The lowest BCUT2D eigenvalue weighted by molar-refractivity contribution is -0.349. The first-order valence-corrected chi connectivity index (χ1v) is 7.61. The number of rotatable bonds is 7. The second kappa shape index (κ2) is 5.71. The van der Waals surface area contributed by atoms with Gasteiger partial charge in [-0.3, -0.25) is 0 Å². The van der Waals surface area contributed by atoms with Crippen LogP contribution in [0.5, 0.6) is 0 Å². The summed E-state index contributed by atoms with van der Waals surface area (Å²) >= 11 is 0. The van der Waals surface area contributed by atoms with E-state index in [1.807, 2.05) is 0 Å². The van der Waals surface area contributed by atoms with Gasteiger partial charge in [-0.25, -0.2) is 0 Å². The zero-order chi connectivity index (χ0) is 13.0. The predicted octanol–water partition coefficient (Wildman–Crippen LogP) is -3.02. The SMILES string of the molecule is NCCCCCC(O)(P(=O)([O-])[O-])P(=O)([O-])[O-]. The molecule has 16 heavy (non-hydrogen) atoms. The molecule has 3 N–H and O–H groups in total. The average molecular weight is 273 g/mol. The molecule has 0 bridgehead atoms. The van der Waals surface area contributed by atoms with Gasteiger partial charge in [0.15, 0.2) is 0 Å². The Kier molecular flexibility index (Phi) is 5.79. The van der Waals surface area contributed by atoms with Crippen molar-refractivity contribution in [2.75, 3.05) is 6.54 Å². The van der Waals surface area contributed by atoms with Gasteiger partial charge in [-0.05, 0) is 41.0 Å². The molecular formula is C6H13NO7P2-4. The standard InChI is InChI=1S/C6H17NO7P2/c7-5-3-1-2-4-6(8,15(9,10)11)16(12,13)14/h8H,1-5,7H2,(H2,9,10,11)(H2,12,13,14)/p-4. The van der Waals surface area contributed by atoms with Crippen molar-refractivity contribution in [3.05, 3.63) is 0 Å². The Morgan fingerprint density at radius 3 is 1.75 bits per heavy atom. The lowest BCUT2D eigenvalue weighted by atomic mass is 10.2. The Labute approximate surface area is 92.8 Å². The predicted molar refractivity (Wildman–Crippen MR) is 47.7 cm³/mol. The Balaban J connectivity index is 4.73. The molecule has 0 atom stereocenters. The van der Waals surface area contributed by atoms with Crippen LogP contribution in [0.4, 0.5) is 0 Å². The monoisotopic (exact) mass is 273 g/mol. The Hall–Kier alpha value is 0.220. The first-order valence-electron chi connectivity index (χ1n) is 4.53. The van der Waals surface area contributed by atoms with Crippen molar-refractivity contribution in [3.63, 3.8) is 0 Å². The summed E-state index contributed by atoms with van der Waals surface area (Å²) in [6.45, 7) is 0.303. The number of aliphatic hydroxyl groups is 1. The molecule has 0 aromatic heterocycles. The number of hydrogen-bond acceptors (Lipinski definition) is 8. The number of hydrogen-bond donors (Lipinski definition) is 2. The largest absolute Gasteiger partial charge is 0.808 e. The van der Waals surface area contributed by atoms with Crippen molar-refractivity contribution in [1.82, 2.24) is 0 Å². The smallest absolute Gasteiger partial charge is 0.117 e. The van der Waals surface area contributed by atoms with Gasteiger partial charge in [-0.2, -0.15) is 0 Å². The van der Waals surface area contributed by atoms with E-state index in [2.05, 4.69) is 0 Å². The van der Waals surface area contributed by atoms with Crippen molar-refractivity contribution in [1.29, 1.82) is 0 Å². The molecule has 0 aromatic carbocycles. The molecule has 0 saturated carbocycles. The molecule has 0 radical (unpaired) electrons. The van der Waals surface area contributed by atoms with Crippen molar-refractivity contribution < 1.29 is 33.8 Å². The normalized spacial score (nSPS) is 14.1. The van der Waals surface area contributed by atoms with Crippen molar-refractivity contribution in [2.45, 2.75) is 30.8 Å². The highest BCUT2D eigenvalue weighted by molar-refractivity contribution is 7.69. The Bertz CT molecular complexity index is 286. The van der Waals surface area contributed by atoms with E-state index in [4.69, 9.17) is 5.73 Å². The van der Waals surface area contributed by atoms with Crippen LogP contribution in [0, 0.1) is 0 Å². The molecule has 0 aliphatic heterocycles. The first-order chi connectivity index (χ1) is 7.06. The van der Waals surface area contributed by atoms with E-state index in [-0.39, 0.29) is 6.42 Å². The fraction of sp³-hybridized carbons (Fsp3) is 1.00. The van der Waals surface area contributed by atoms with Gasteiger partial charge in [-0.1, -0.05) is 6.42 Å². The summed E-state index contributed by atoms with van der Waals surface area (Å²) in [5.41, 5.74) is 5.13. The third kappa shape index (κ3) is 3.91. The quantitative estimate of drug-likeness (QED) is 0.364.